The number of halogens is 1. The van der Waals surface area contributed by atoms with Crippen molar-refractivity contribution in [3.05, 3.63) is 22.2 Å². The summed E-state index contributed by atoms with van der Waals surface area (Å²) in [6.07, 6.45) is 0.859. The van der Waals surface area contributed by atoms with Gasteiger partial charge in [0.25, 0.3) is 0 Å². The lowest BCUT2D eigenvalue weighted by molar-refractivity contribution is -0.138. The summed E-state index contributed by atoms with van der Waals surface area (Å²) >= 11 is 6.22. The Hall–Kier alpha value is -1.46. The largest absolute Gasteiger partial charge is 0.495 e. The first kappa shape index (κ1) is 15.6. The van der Waals surface area contributed by atoms with Gasteiger partial charge in [-0.15, -0.1) is 0 Å². The van der Waals surface area contributed by atoms with Crippen molar-refractivity contribution in [3.63, 3.8) is 0 Å². The third-order valence-corrected chi connectivity index (χ3v) is 3.22. The van der Waals surface area contributed by atoms with Gasteiger partial charge in [-0.3, -0.25) is 4.79 Å². The van der Waals surface area contributed by atoms with Gasteiger partial charge in [0.1, 0.15) is 22.6 Å². The van der Waals surface area contributed by atoms with Crippen LogP contribution in [0.1, 0.15) is 18.1 Å². The summed E-state index contributed by atoms with van der Waals surface area (Å²) in [6, 6.07) is 0.829. The van der Waals surface area contributed by atoms with E-state index < -0.39 is 12.0 Å². The van der Waals surface area contributed by atoms with Gasteiger partial charge in [-0.2, -0.15) is 0 Å². The zero-order valence-corrected chi connectivity index (χ0v) is 12.0. The summed E-state index contributed by atoms with van der Waals surface area (Å²) in [5, 5.41) is 9.22. The molecule has 0 amide bonds. The second kappa shape index (κ2) is 6.63. The molecular weight excluding hydrogens is 270 g/mol. The normalized spacial score (nSPS) is 12.1. The summed E-state index contributed by atoms with van der Waals surface area (Å²) in [7, 11) is 3.00. The van der Waals surface area contributed by atoms with Crippen molar-refractivity contribution in [2.45, 2.75) is 25.8 Å². The average molecular weight is 288 g/mol. The third kappa shape index (κ3) is 3.30. The zero-order chi connectivity index (χ0) is 14.6. The molecular formula is C13H18ClNO4. The van der Waals surface area contributed by atoms with Crippen LogP contribution in [0.4, 0.5) is 0 Å². The van der Waals surface area contributed by atoms with Crippen LogP contribution in [-0.2, 0) is 17.6 Å². The minimum absolute atomic E-state index is 0.148. The molecule has 0 saturated heterocycles. The second-order valence-corrected chi connectivity index (χ2v) is 4.46. The van der Waals surface area contributed by atoms with E-state index in [0.717, 1.165) is 5.56 Å². The topological polar surface area (TPSA) is 81.8 Å². The van der Waals surface area contributed by atoms with Crippen molar-refractivity contribution in [1.82, 2.24) is 0 Å². The average Bonchev–Trinajstić information content (AvgIpc) is 2.38. The Labute approximate surface area is 117 Å². The number of ether oxygens (including phenoxy) is 2. The Kier molecular flexibility index (Phi) is 5.44. The number of aliphatic carboxylic acids is 1. The molecule has 0 saturated carbocycles. The standard InChI is InChI=1S/C13H18ClNO4/c1-4-7-5-8(6-9(15)13(16)17)12(19-3)10(14)11(7)18-2/h5,9H,4,6,15H2,1-3H3,(H,16,17). The Morgan fingerprint density at radius 1 is 1.37 bits per heavy atom. The van der Waals surface area contributed by atoms with Gasteiger partial charge in [0.2, 0.25) is 0 Å². The van der Waals surface area contributed by atoms with E-state index in [1.54, 1.807) is 0 Å². The first-order valence-electron chi connectivity index (χ1n) is 5.86. The number of carboxylic acids is 1. The SMILES string of the molecule is CCc1cc(CC(N)C(=O)O)c(OC)c(Cl)c1OC. The van der Waals surface area contributed by atoms with E-state index in [1.165, 1.54) is 14.2 Å². The fourth-order valence-corrected chi connectivity index (χ4v) is 2.30. The maximum atomic E-state index is 10.8. The van der Waals surface area contributed by atoms with Crippen LogP contribution in [-0.4, -0.2) is 31.3 Å². The first-order chi connectivity index (χ1) is 8.96. The summed E-state index contributed by atoms with van der Waals surface area (Å²) in [6.45, 7) is 1.96. The number of aryl methyl sites for hydroxylation is 1. The number of carbonyl (C=O) groups is 1. The van der Waals surface area contributed by atoms with Crippen molar-refractivity contribution >= 4 is 17.6 Å². The molecule has 1 unspecified atom stereocenters. The molecule has 0 aromatic heterocycles. The first-order valence-corrected chi connectivity index (χ1v) is 6.24. The number of methoxy groups -OCH3 is 2. The monoisotopic (exact) mass is 287 g/mol. The lowest BCUT2D eigenvalue weighted by atomic mass is 10.0. The minimum Gasteiger partial charge on any atom is -0.495 e. The van der Waals surface area contributed by atoms with E-state index in [4.69, 9.17) is 31.9 Å². The molecule has 1 atom stereocenters. The van der Waals surface area contributed by atoms with E-state index in [9.17, 15) is 4.79 Å². The summed E-state index contributed by atoms with van der Waals surface area (Å²) in [4.78, 5) is 10.8. The van der Waals surface area contributed by atoms with Crippen molar-refractivity contribution in [1.29, 1.82) is 0 Å². The molecule has 0 aliphatic heterocycles. The van der Waals surface area contributed by atoms with E-state index in [-0.39, 0.29) is 6.42 Å². The Balaban J connectivity index is 3.30. The smallest absolute Gasteiger partial charge is 0.320 e. The zero-order valence-electron chi connectivity index (χ0n) is 11.2. The van der Waals surface area contributed by atoms with Crippen LogP contribution in [0.2, 0.25) is 5.02 Å². The molecule has 0 spiro atoms. The molecule has 0 bridgehead atoms. The van der Waals surface area contributed by atoms with Crippen LogP contribution in [0, 0.1) is 0 Å². The highest BCUT2D eigenvalue weighted by atomic mass is 35.5. The number of nitrogens with two attached hydrogens (primary N) is 1. The van der Waals surface area contributed by atoms with Gasteiger partial charge in [0.15, 0.2) is 0 Å². The number of carboxylic acid groups (broad SMARTS) is 1. The number of rotatable bonds is 6. The van der Waals surface area contributed by atoms with E-state index in [0.29, 0.717) is 28.5 Å². The molecule has 0 fully saturated rings. The van der Waals surface area contributed by atoms with Gasteiger partial charge in [0, 0.05) is 6.42 Å². The maximum absolute atomic E-state index is 10.8. The molecule has 106 valence electrons. The molecule has 0 heterocycles. The van der Waals surface area contributed by atoms with Crippen LogP contribution in [0.5, 0.6) is 11.5 Å². The van der Waals surface area contributed by atoms with Crippen LogP contribution in [0.15, 0.2) is 6.07 Å². The predicted molar refractivity (Wildman–Crippen MR) is 73.2 cm³/mol. The summed E-state index contributed by atoms with van der Waals surface area (Å²) < 4.78 is 10.5. The molecule has 1 aromatic carbocycles. The molecule has 19 heavy (non-hydrogen) atoms. The van der Waals surface area contributed by atoms with E-state index >= 15 is 0 Å². The van der Waals surface area contributed by atoms with Crippen LogP contribution in [0.3, 0.4) is 0 Å². The van der Waals surface area contributed by atoms with Gasteiger partial charge < -0.3 is 20.3 Å². The Bertz CT molecular complexity index is 476. The minimum atomic E-state index is -1.06. The maximum Gasteiger partial charge on any atom is 0.320 e. The number of hydrogen-bond acceptors (Lipinski definition) is 4. The lowest BCUT2D eigenvalue weighted by Crippen LogP contribution is -2.32. The molecule has 5 nitrogen and oxygen atoms in total. The van der Waals surface area contributed by atoms with Gasteiger partial charge in [-0.05, 0) is 23.6 Å². The highest BCUT2D eigenvalue weighted by molar-refractivity contribution is 6.33. The van der Waals surface area contributed by atoms with Crippen molar-refractivity contribution < 1.29 is 19.4 Å². The molecule has 0 aliphatic rings. The van der Waals surface area contributed by atoms with Crippen molar-refractivity contribution in [2.75, 3.05) is 14.2 Å². The fraction of sp³-hybridized carbons (Fsp3) is 0.462. The van der Waals surface area contributed by atoms with Gasteiger partial charge >= 0.3 is 5.97 Å². The fourth-order valence-electron chi connectivity index (χ4n) is 1.91. The number of hydrogen-bond donors (Lipinski definition) is 2. The summed E-state index contributed by atoms with van der Waals surface area (Å²) in [5.74, 6) is -0.104. The quantitative estimate of drug-likeness (QED) is 0.835. The third-order valence-electron chi connectivity index (χ3n) is 2.88. The highest BCUT2D eigenvalue weighted by Crippen LogP contribution is 2.40. The Morgan fingerprint density at radius 2 is 1.89 bits per heavy atom. The predicted octanol–water partition coefficient (Wildman–Crippen LogP) is 1.87. The Morgan fingerprint density at radius 3 is 2.32 bits per heavy atom. The molecule has 0 radical (unpaired) electrons. The van der Waals surface area contributed by atoms with Crippen LogP contribution in [0.25, 0.3) is 0 Å². The highest BCUT2D eigenvalue weighted by Gasteiger charge is 2.21. The molecule has 6 heteroatoms. The molecule has 1 aromatic rings. The van der Waals surface area contributed by atoms with Gasteiger partial charge in [-0.1, -0.05) is 18.5 Å². The molecule has 1 rings (SSSR count). The second-order valence-electron chi connectivity index (χ2n) is 4.08. The summed E-state index contributed by atoms with van der Waals surface area (Å²) in [5.41, 5.74) is 7.11. The van der Waals surface area contributed by atoms with E-state index in [1.807, 2.05) is 13.0 Å². The van der Waals surface area contributed by atoms with Crippen molar-refractivity contribution in [3.8, 4) is 11.5 Å². The molecule has 0 aliphatic carbocycles. The number of benzene rings is 1. The van der Waals surface area contributed by atoms with Crippen molar-refractivity contribution in [2.24, 2.45) is 5.73 Å². The van der Waals surface area contributed by atoms with Gasteiger partial charge in [0.05, 0.1) is 14.2 Å². The van der Waals surface area contributed by atoms with Gasteiger partial charge in [-0.25, -0.2) is 0 Å². The van der Waals surface area contributed by atoms with E-state index in [2.05, 4.69) is 0 Å². The lowest BCUT2D eigenvalue weighted by Gasteiger charge is -2.17. The van der Waals surface area contributed by atoms with Crippen LogP contribution >= 0.6 is 11.6 Å². The molecule has 3 N–H and O–H groups in total. The van der Waals surface area contributed by atoms with Crippen LogP contribution < -0.4 is 15.2 Å².